The van der Waals surface area contributed by atoms with Crippen molar-refractivity contribution in [3.8, 4) is 11.4 Å². The molecule has 154 valence electrons. The number of carbonyl (C=O) groups is 1. The van der Waals surface area contributed by atoms with Crippen molar-refractivity contribution in [1.82, 2.24) is 14.9 Å². The number of amides is 1. The summed E-state index contributed by atoms with van der Waals surface area (Å²) in [4.78, 5) is 24.3. The average molecular weight is 396 g/mol. The number of piperidine rings is 1. The first kappa shape index (κ1) is 20.0. The van der Waals surface area contributed by atoms with Crippen molar-refractivity contribution >= 4 is 5.91 Å². The molecule has 1 fully saturated rings. The van der Waals surface area contributed by atoms with Gasteiger partial charge in [-0.05, 0) is 45.6 Å². The summed E-state index contributed by atoms with van der Waals surface area (Å²) >= 11 is 0. The Morgan fingerprint density at radius 1 is 1.24 bits per heavy atom. The molecular formula is C23H29N3O3. The van der Waals surface area contributed by atoms with E-state index in [9.17, 15) is 4.79 Å². The van der Waals surface area contributed by atoms with E-state index in [2.05, 4.69) is 4.98 Å². The molecule has 6 heteroatoms. The number of rotatable bonds is 4. The predicted octanol–water partition coefficient (Wildman–Crippen LogP) is 3.35. The molecule has 1 amide bonds. The van der Waals surface area contributed by atoms with Crippen LogP contribution in [0.3, 0.4) is 0 Å². The van der Waals surface area contributed by atoms with Crippen LogP contribution in [0.4, 0.5) is 0 Å². The maximum atomic E-state index is 12.9. The van der Waals surface area contributed by atoms with Crippen molar-refractivity contribution in [1.29, 1.82) is 0 Å². The molecule has 2 aromatic rings. The third-order valence-electron chi connectivity index (χ3n) is 5.96. The summed E-state index contributed by atoms with van der Waals surface area (Å²) in [5.74, 6) is 0.767. The summed E-state index contributed by atoms with van der Waals surface area (Å²) in [6.45, 7) is 8.06. The van der Waals surface area contributed by atoms with E-state index >= 15 is 0 Å². The minimum absolute atomic E-state index is 0.0397. The molecule has 29 heavy (non-hydrogen) atoms. The monoisotopic (exact) mass is 395 g/mol. The Hall–Kier alpha value is -2.31. The van der Waals surface area contributed by atoms with Gasteiger partial charge in [-0.15, -0.1) is 0 Å². The summed E-state index contributed by atoms with van der Waals surface area (Å²) in [6, 6.07) is 10.0. The van der Waals surface area contributed by atoms with Crippen LogP contribution in [0, 0.1) is 0 Å². The SMILES string of the molecule is CCOC(C)(C)C(=O)N1CCC2(CC1)OCCc1cnc(-c3ccccc3)nc12. The number of hydrogen-bond acceptors (Lipinski definition) is 5. The first-order valence-corrected chi connectivity index (χ1v) is 10.4. The lowest BCUT2D eigenvalue weighted by Gasteiger charge is -2.45. The van der Waals surface area contributed by atoms with Gasteiger partial charge in [-0.3, -0.25) is 4.79 Å². The van der Waals surface area contributed by atoms with E-state index in [1.54, 1.807) is 0 Å². The van der Waals surface area contributed by atoms with Crippen molar-refractivity contribution in [3.63, 3.8) is 0 Å². The van der Waals surface area contributed by atoms with Gasteiger partial charge in [0.05, 0.1) is 12.3 Å². The zero-order valence-electron chi connectivity index (χ0n) is 17.5. The summed E-state index contributed by atoms with van der Waals surface area (Å²) in [6.07, 6.45) is 4.25. The van der Waals surface area contributed by atoms with E-state index in [1.165, 1.54) is 0 Å². The second-order valence-electron chi connectivity index (χ2n) is 8.26. The third-order valence-corrected chi connectivity index (χ3v) is 5.96. The van der Waals surface area contributed by atoms with E-state index in [4.69, 9.17) is 14.5 Å². The molecule has 0 atom stereocenters. The number of hydrogen-bond donors (Lipinski definition) is 0. The quantitative estimate of drug-likeness (QED) is 0.794. The largest absolute Gasteiger partial charge is 0.368 e. The number of benzene rings is 1. The molecule has 4 rings (SSSR count). The first-order chi connectivity index (χ1) is 14.0. The molecule has 1 aromatic carbocycles. The van der Waals surface area contributed by atoms with Gasteiger partial charge < -0.3 is 14.4 Å². The number of aromatic nitrogens is 2. The topological polar surface area (TPSA) is 64.5 Å². The molecule has 6 nitrogen and oxygen atoms in total. The number of ether oxygens (including phenoxy) is 2. The number of fused-ring (bicyclic) bond motifs is 2. The second kappa shape index (κ2) is 7.84. The van der Waals surface area contributed by atoms with Gasteiger partial charge in [0.15, 0.2) is 5.82 Å². The van der Waals surface area contributed by atoms with Crippen LogP contribution in [0.25, 0.3) is 11.4 Å². The van der Waals surface area contributed by atoms with Gasteiger partial charge in [0.25, 0.3) is 5.91 Å². The zero-order chi connectivity index (χ0) is 20.5. The fourth-order valence-corrected chi connectivity index (χ4v) is 4.39. The van der Waals surface area contributed by atoms with E-state index in [0.717, 1.165) is 41.9 Å². The van der Waals surface area contributed by atoms with Crippen molar-refractivity contribution in [3.05, 3.63) is 47.8 Å². The van der Waals surface area contributed by atoms with Gasteiger partial charge in [0, 0.05) is 31.5 Å². The van der Waals surface area contributed by atoms with E-state index in [-0.39, 0.29) is 5.91 Å². The van der Waals surface area contributed by atoms with Crippen molar-refractivity contribution in [2.45, 2.75) is 51.2 Å². The molecule has 0 bridgehead atoms. The lowest BCUT2D eigenvalue weighted by Crippen LogP contribution is -2.54. The van der Waals surface area contributed by atoms with Crippen LogP contribution in [0.15, 0.2) is 36.5 Å². The minimum Gasteiger partial charge on any atom is -0.368 e. The van der Waals surface area contributed by atoms with Crippen LogP contribution in [-0.2, 0) is 26.3 Å². The van der Waals surface area contributed by atoms with Crippen LogP contribution < -0.4 is 0 Å². The molecule has 3 heterocycles. The molecule has 1 saturated heterocycles. The van der Waals surface area contributed by atoms with Gasteiger partial charge in [-0.25, -0.2) is 9.97 Å². The Kier molecular flexibility index (Phi) is 5.40. The van der Waals surface area contributed by atoms with Gasteiger partial charge in [0.1, 0.15) is 11.2 Å². The molecule has 2 aliphatic heterocycles. The lowest BCUT2D eigenvalue weighted by atomic mass is 9.82. The molecule has 0 saturated carbocycles. The van der Waals surface area contributed by atoms with Gasteiger partial charge in [-0.2, -0.15) is 0 Å². The Labute approximate surface area is 172 Å². The normalized spacial score (nSPS) is 18.5. The fraction of sp³-hybridized carbons (Fsp3) is 0.522. The van der Waals surface area contributed by atoms with E-state index in [1.807, 2.05) is 62.2 Å². The van der Waals surface area contributed by atoms with Crippen molar-refractivity contribution in [2.24, 2.45) is 0 Å². The van der Waals surface area contributed by atoms with Crippen LogP contribution in [0.1, 0.15) is 44.9 Å². The molecule has 0 radical (unpaired) electrons. The predicted molar refractivity (Wildman–Crippen MR) is 110 cm³/mol. The van der Waals surface area contributed by atoms with E-state index in [0.29, 0.717) is 26.3 Å². The second-order valence-corrected chi connectivity index (χ2v) is 8.26. The molecular weight excluding hydrogens is 366 g/mol. The minimum atomic E-state index is -0.798. The van der Waals surface area contributed by atoms with Gasteiger partial charge >= 0.3 is 0 Å². The molecule has 1 spiro atoms. The molecule has 1 aromatic heterocycles. The Bertz CT molecular complexity index is 874. The maximum Gasteiger partial charge on any atom is 0.254 e. The van der Waals surface area contributed by atoms with Crippen molar-refractivity contribution in [2.75, 3.05) is 26.3 Å². The van der Waals surface area contributed by atoms with E-state index < -0.39 is 11.2 Å². The molecule has 0 N–H and O–H groups in total. The Morgan fingerprint density at radius 2 is 1.97 bits per heavy atom. The van der Waals surface area contributed by atoms with Gasteiger partial charge in [-0.1, -0.05) is 30.3 Å². The molecule has 0 aliphatic carbocycles. The standard InChI is InChI=1S/C23H29N3O3/c1-4-28-22(2,3)21(27)26-13-11-23(12-14-26)19-18(10-15-29-23)16-24-20(25-19)17-8-6-5-7-9-17/h5-9,16H,4,10-15H2,1-3H3. The summed E-state index contributed by atoms with van der Waals surface area (Å²) < 4.78 is 12.0. The van der Waals surface area contributed by atoms with Crippen LogP contribution >= 0.6 is 0 Å². The number of likely N-dealkylation sites (tertiary alicyclic amines) is 1. The first-order valence-electron chi connectivity index (χ1n) is 10.4. The number of nitrogens with zero attached hydrogens (tertiary/aromatic N) is 3. The summed E-state index contributed by atoms with van der Waals surface area (Å²) in [5, 5.41) is 0. The Balaban J connectivity index is 1.58. The highest BCUT2D eigenvalue weighted by Gasteiger charge is 2.45. The van der Waals surface area contributed by atoms with Gasteiger partial charge in [0.2, 0.25) is 0 Å². The molecule has 0 unspecified atom stereocenters. The van der Waals surface area contributed by atoms with Crippen molar-refractivity contribution < 1.29 is 14.3 Å². The Morgan fingerprint density at radius 3 is 2.66 bits per heavy atom. The number of carbonyl (C=O) groups excluding carboxylic acids is 1. The highest BCUT2D eigenvalue weighted by Crippen LogP contribution is 2.41. The lowest BCUT2D eigenvalue weighted by molar-refractivity contribution is -0.161. The maximum absolute atomic E-state index is 12.9. The smallest absolute Gasteiger partial charge is 0.254 e. The van der Waals surface area contributed by atoms with Crippen LogP contribution in [-0.4, -0.2) is 52.7 Å². The summed E-state index contributed by atoms with van der Waals surface area (Å²) in [7, 11) is 0. The highest BCUT2D eigenvalue weighted by molar-refractivity contribution is 5.84. The summed E-state index contributed by atoms with van der Waals surface area (Å²) in [5.41, 5.74) is 1.92. The highest BCUT2D eigenvalue weighted by atomic mass is 16.5. The molecule has 2 aliphatic rings. The average Bonchev–Trinajstić information content (AvgIpc) is 2.74. The fourth-order valence-electron chi connectivity index (χ4n) is 4.39. The van der Waals surface area contributed by atoms with Crippen LogP contribution in [0.5, 0.6) is 0 Å². The third kappa shape index (κ3) is 3.79. The van der Waals surface area contributed by atoms with Crippen LogP contribution in [0.2, 0.25) is 0 Å². The zero-order valence-corrected chi connectivity index (χ0v) is 17.5.